The minimum absolute atomic E-state index is 0.0702. The predicted octanol–water partition coefficient (Wildman–Crippen LogP) is 2.47. The van der Waals surface area contributed by atoms with E-state index in [4.69, 9.17) is 9.57 Å². The van der Waals surface area contributed by atoms with Gasteiger partial charge in [-0.2, -0.15) is 0 Å². The van der Waals surface area contributed by atoms with E-state index >= 15 is 0 Å². The lowest BCUT2D eigenvalue weighted by atomic mass is 10.1. The van der Waals surface area contributed by atoms with E-state index in [0.717, 1.165) is 24.1 Å². The number of nitrogens with one attached hydrogen (secondary N) is 1. The first-order valence-electron chi connectivity index (χ1n) is 6.44. The van der Waals surface area contributed by atoms with Crippen molar-refractivity contribution in [3.05, 3.63) is 35.9 Å². The van der Waals surface area contributed by atoms with Crippen molar-refractivity contribution in [1.29, 1.82) is 0 Å². The smallest absolute Gasteiger partial charge is 0.407 e. The molecule has 1 atom stereocenters. The molecule has 19 heavy (non-hydrogen) atoms. The molecule has 0 fully saturated rings. The van der Waals surface area contributed by atoms with Gasteiger partial charge in [-0.05, 0) is 12.0 Å². The second-order valence-electron chi connectivity index (χ2n) is 4.39. The molecule has 102 valence electrons. The lowest BCUT2D eigenvalue weighted by Crippen LogP contribution is -2.32. The van der Waals surface area contributed by atoms with Gasteiger partial charge in [0, 0.05) is 6.42 Å². The van der Waals surface area contributed by atoms with E-state index in [1.54, 1.807) is 0 Å². The summed E-state index contributed by atoms with van der Waals surface area (Å²) in [6, 6.07) is 9.56. The molecular formula is C14H18N2O3. The summed E-state index contributed by atoms with van der Waals surface area (Å²) in [5.74, 6) is 0. The Kier molecular flexibility index (Phi) is 4.78. The summed E-state index contributed by atoms with van der Waals surface area (Å²) in [6.07, 6.45) is 1.15. The molecule has 2 rings (SSSR count). The Morgan fingerprint density at radius 1 is 1.47 bits per heavy atom. The molecule has 0 bridgehead atoms. The minimum Gasteiger partial charge on any atom is -0.445 e. The molecule has 0 saturated heterocycles. The van der Waals surface area contributed by atoms with Crippen LogP contribution in [0.3, 0.4) is 0 Å². The Hall–Kier alpha value is -2.04. The van der Waals surface area contributed by atoms with Gasteiger partial charge in [0.2, 0.25) is 0 Å². The monoisotopic (exact) mass is 262 g/mol. The van der Waals surface area contributed by atoms with Gasteiger partial charge in [-0.1, -0.05) is 42.4 Å². The maximum absolute atomic E-state index is 11.5. The first-order chi connectivity index (χ1) is 9.28. The molecule has 5 nitrogen and oxygen atoms in total. The molecular weight excluding hydrogens is 244 g/mol. The first-order valence-corrected chi connectivity index (χ1v) is 6.44. The highest BCUT2D eigenvalue weighted by Crippen LogP contribution is 2.11. The van der Waals surface area contributed by atoms with Crippen molar-refractivity contribution in [3.8, 4) is 0 Å². The molecule has 0 aromatic heterocycles. The van der Waals surface area contributed by atoms with E-state index in [-0.39, 0.29) is 12.7 Å². The van der Waals surface area contributed by atoms with Gasteiger partial charge in [0.15, 0.2) is 0 Å². The van der Waals surface area contributed by atoms with E-state index < -0.39 is 6.09 Å². The molecule has 0 saturated carbocycles. The maximum atomic E-state index is 11.5. The second-order valence-corrected chi connectivity index (χ2v) is 4.39. The molecule has 0 spiro atoms. The Labute approximate surface area is 112 Å². The molecule has 1 aliphatic rings. The largest absolute Gasteiger partial charge is 0.445 e. The Morgan fingerprint density at radius 2 is 2.26 bits per heavy atom. The number of oxime groups is 1. The topological polar surface area (TPSA) is 59.9 Å². The van der Waals surface area contributed by atoms with Crippen LogP contribution in [0, 0.1) is 0 Å². The van der Waals surface area contributed by atoms with E-state index in [1.807, 2.05) is 37.3 Å². The highest BCUT2D eigenvalue weighted by Gasteiger charge is 2.20. The van der Waals surface area contributed by atoms with Gasteiger partial charge < -0.3 is 14.9 Å². The molecule has 0 radical (unpaired) electrons. The molecule has 1 aliphatic heterocycles. The molecule has 1 aromatic carbocycles. The fourth-order valence-electron chi connectivity index (χ4n) is 1.78. The molecule has 1 amide bonds. The predicted molar refractivity (Wildman–Crippen MR) is 71.8 cm³/mol. The third-order valence-corrected chi connectivity index (χ3v) is 2.89. The van der Waals surface area contributed by atoms with Crippen LogP contribution in [0.4, 0.5) is 4.79 Å². The van der Waals surface area contributed by atoms with Crippen molar-refractivity contribution in [3.63, 3.8) is 0 Å². The third kappa shape index (κ3) is 4.28. The molecule has 1 aromatic rings. The Bertz CT molecular complexity index is 445. The van der Waals surface area contributed by atoms with Gasteiger partial charge in [-0.15, -0.1) is 0 Å². The number of ether oxygens (including phenoxy) is 1. The number of hydrogen-bond acceptors (Lipinski definition) is 4. The molecule has 1 N–H and O–H groups in total. The van der Waals surface area contributed by atoms with Crippen LogP contribution >= 0.6 is 0 Å². The van der Waals surface area contributed by atoms with Crippen molar-refractivity contribution < 1.29 is 14.4 Å². The zero-order valence-electron chi connectivity index (χ0n) is 11.0. The summed E-state index contributed by atoms with van der Waals surface area (Å²) in [5, 5.41) is 6.61. The van der Waals surface area contributed by atoms with Gasteiger partial charge in [0.25, 0.3) is 0 Å². The summed E-state index contributed by atoms with van der Waals surface area (Å²) in [7, 11) is 0. The molecule has 0 aliphatic carbocycles. The first kappa shape index (κ1) is 13.4. The lowest BCUT2D eigenvalue weighted by Gasteiger charge is -2.10. The van der Waals surface area contributed by atoms with Crippen LogP contribution < -0.4 is 5.32 Å². The van der Waals surface area contributed by atoms with E-state index in [2.05, 4.69) is 10.5 Å². The summed E-state index contributed by atoms with van der Waals surface area (Å²) in [6.45, 7) is 2.72. The van der Waals surface area contributed by atoms with Crippen LogP contribution in [0.5, 0.6) is 0 Å². The van der Waals surface area contributed by atoms with Crippen LogP contribution in [0.15, 0.2) is 35.5 Å². The van der Waals surface area contributed by atoms with Crippen molar-refractivity contribution >= 4 is 11.8 Å². The summed E-state index contributed by atoms with van der Waals surface area (Å²) in [4.78, 5) is 16.7. The zero-order valence-corrected chi connectivity index (χ0v) is 11.0. The van der Waals surface area contributed by atoms with Crippen molar-refractivity contribution in [1.82, 2.24) is 5.32 Å². The average molecular weight is 262 g/mol. The van der Waals surface area contributed by atoms with Gasteiger partial charge in [0.05, 0.1) is 12.3 Å². The molecule has 5 heteroatoms. The summed E-state index contributed by atoms with van der Waals surface area (Å²) in [5.41, 5.74) is 2.00. The number of benzene rings is 1. The van der Waals surface area contributed by atoms with Crippen LogP contribution in [0.25, 0.3) is 0 Å². The highest BCUT2D eigenvalue weighted by molar-refractivity contribution is 5.85. The van der Waals surface area contributed by atoms with Gasteiger partial charge in [-0.25, -0.2) is 4.79 Å². The second kappa shape index (κ2) is 6.78. The van der Waals surface area contributed by atoms with Gasteiger partial charge in [0.1, 0.15) is 12.7 Å². The fourth-order valence-corrected chi connectivity index (χ4v) is 1.78. The number of nitrogens with zero attached hydrogens (tertiary/aromatic N) is 1. The zero-order chi connectivity index (χ0) is 13.5. The molecule has 1 unspecified atom stereocenters. The van der Waals surface area contributed by atoms with Gasteiger partial charge in [-0.3, -0.25) is 0 Å². The van der Waals surface area contributed by atoms with Crippen LogP contribution in [0.1, 0.15) is 25.3 Å². The van der Waals surface area contributed by atoms with E-state index in [0.29, 0.717) is 6.54 Å². The number of amides is 1. The standard InChI is InChI=1S/C14H18N2O3/c1-2-12-8-13(19-16-12)9-15-14(17)18-10-11-6-4-3-5-7-11/h3-7,13H,2,8-10H2,1H3,(H,15,17). The summed E-state index contributed by atoms with van der Waals surface area (Å²) >= 11 is 0. The van der Waals surface area contributed by atoms with Crippen molar-refractivity contribution in [2.75, 3.05) is 6.54 Å². The van der Waals surface area contributed by atoms with Crippen LogP contribution in [-0.2, 0) is 16.2 Å². The number of rotatable bonds is 5. The third-order valence-electron chi connectivity index (χ3n) is 2.89. The number of hydrogen-bond donors (Lipinski definition) is 1. The maximum Gasteiger partial charge on any atom is 0.407 e. The fraction of sp³-hybridized carbons (Fsp3) is 0.429. The van der Waals surface area contributed by atoms with E-state index in [9.17, 15) is 4.79 Å². The average Bonchev–Trinajstić information content (AvgIpc) is 2.92. The van der Waals surface area contributed by atoms with Crippen molar-refractivity contribution in [2.45, 2.75) is 32.5 Å². The summed E-state index contributed by atoms with van der Waals surface area (Å²) < 4.78 is 5.10. The lowest BCUT2D eigenvalue weighted by molar-refractivity contribution is 0.0797. The van der Waals surface area contributed by atoms with Gasteiger partial charge >= 0.3 is 6.09 Å². The minimum atomic E-state index is -0.433. The van der Waals surface area contributed by atoms with E-state index in [1.165, 1.54) is 0 Å². The number of alkyl carbamates (subject to hydrolysis) is 1. The Balaban J connectivity index is 1.63. The molecule has 1 heterocycles. The normalized spacial score (nSPS) is 17.5. The Morgan fingerprint density at radius 3 is 2.95 bits per heavy atom. The quantitative estimate of drug-likeness (QED) is 0.886. The SMILES string of the molecule is CCC1=NOC(CNC(=O)OCc2ccccc2)C1. The van der Waals surface area contributed by atoms with Crippen LogP contribution in [0.2, 0.25) is 0 Å². The number of carbonyl (C=O) groups is 1. The van der Waals surface area contributed by atoms with Crippen LogP contribution in [-0.4, -0.2) is 24.5 Å². The highest BCUT2D eigenvalue weighted by atomic mass is 16.6. The number of carbonyl (C=O) groups excluding carboxylic acids is 1. The van der Waals surface area contributed by atoms with Crippen molar-refractivity contribution in [2.24, 2.45) is 5.16 Å².